The molecule has 4 heteroatoms. The molecule has 0 unspecified atom stereocenters. The van der Waals surface area contributed by atoms with Gasteiger partial charge in [0.1, 0.15) is 0 Å². The van der Waals surface area contributed by atoms with Crippen molar-refractivity contribution in [2.24, 2.45) is 7.05 Å². The van der Waals surface area contributed by atoms with E-state index < -0.39 is 0 Å². The molecule has 2 rings (SSSR count). The minimum absolute atomic E-state index is 0.0396. The van der Waals surface area contributed by atoms with E-state index in [0.717, 1.165) is 16.5 Å². The maximum atomic E-state index is 11.8. The highest BCUT2D eigenvalue weighted by molar-refractivity contribution is 9.10. The van der Waals surface area contributed by atoms with Gasteiger partial charge in [-0.1, -0.05) is 17.7 Å². The Morgan fingerprint density at radius 1 is 1.40 bits per heavy atom. The van der Waals surface area contributed by atoms with Gasteiger partial charge in [0.25, 0.3) is 5.56 Å². The SMILES string of the molecule is Cc1c(Br)c(=O)n(C)c2cc(Cl)ccc12. The van der Waals surface area contributed by atoms with Crippen LogP contribution in [-0.2, 0) is 7.05 Å². The van der Waals surface area contributed by atoms with Crippen LogP contribution < -0.4 is 5.56 Å². The van der Waals surface area contributed by atoms with Crippen molar-refractivity contribution in [2.75, 3.05) is 0 Å². The molecule has 0 amide bonds. The summed E-state index contributed by atoms with van der Waals surface area (Å²) in [6.07, 6.45) is 0. The van der Waals surface area contributed by atoms with Crippen molar-refractivity contribution in [3.05, 3.63) is 43.6 Å². The lowest BCUT2D eigenvalue weighted by molar-refractivity contribution is 0.895. The molecule has 0 bridgehead atoms. The standard InChI is InChI=1S/C11H9BrClNO/c1-6-8-4-3-7(13)5-9(8)14(2)11(15)10(6)12/h3-5H,1-2H3. The second-order valence-corrected chi connectivity index (χ2v) is 4.69. The molecule has 2 aromatic rings. The molecule has 0 aliphatic rings. The highest BCUT2D eigenvalue weighted by atomic mass is 79.9. The average molecular weight is 287 g/mol. The van der Waals surface area contributed by atoms with Crippen LogP contribution in [0.1, 0.15) is 5.56 Å². The molecule has 0 atom stereocenters. The summed E-state index contributed by atoms with van der Waals surface area (Å²) >= 11 is 9.21. The van der Waals surface area contributed by atoms with Crippen molar-refractivity contribution < 1.29 is 0 Å². The lowest BCUT2D eigenvalue weighted by Crippen LogP contribution is -2.18. The molecule has 78 valence electrons. The smallest absolute Gasteiger partial charge is 0.265 e. The van der Waals surface area contributed by atoms with Crippen LogP contribution in [0.5, 0.6) is 0 Å². The monoisotopic (exact) mass is 285 g/mol. The second kappa shape index (κ2) is 3.65. The molecule has 0 aliphatic carbocycles. The predicted molar refractivity (Wildman–Crippen MR) is 66.6 cm³/mol. The van der Waals surface area contributed by atoms with E-state index >= 15 is 0 Å². The average Bonchev–Trinajstić information content (AvgIpc) is 2.23. The van der Waals surface area contributed by atoms with E-state index in [0.29, 0.717) is 9.50 Å². The lowest BCUT2D eigenvalue weighted by atomic mass is 10.1. The van der Waals surface area contributed by atoms with Crippen LogP contribution >= 0.6 is 27.5 Å². The predicted octanol–water partition coefficient (Wildman–Crippen LogP) is 3.26. The van der Waals surface area contributed by atoms with E-state index in [4.69, 9.17) is 11.6 Å². The number of halogens is 2. The van der Waals surface area contributed by atoms with Crippen LogP contribution in [0.25, 0.3) is 10.9 Å². The van der Waals surface area contributed by atoms with E-state index in [2.05, 4.69) is 15.9 Å². The molecule has 1 heterocycles. The van der Waals surface area contributed by atoms with Crippen LogP contribution in [-0.4, -0.2) is 4.57 Å². The third-order valence-electron chi connectivity index (χ3n) is 2.55. The summed E-state index contributed by atoms with van der Waals surface area (Å²) in [4.78, 5) is 11.8. The third-order valence-corrected chi connectivity index (χ3v) is 3.72. The van der Waals surface area contributed by atoms with Crippen LogP contribution in [0.3, 0.4) is 0 Å². The molecule has 0 N–H and O–H groups in total. The Morgan fingerprint density at radius 3 is 2.73 bits per heavy atom. The van der Waals surface area contributed by atoms with Gasteiger partial charge in [-0.05, 0) is 40.5 Å². The molecule has 15 heavy (non-hydrogen) atoms. The maximum Gasteiger partial charge on any atom is 0.265 e. The van der Waals surface area contributed by atoms with Gasteiger partial charge < -0.3 is 4.57 Å². The lowest BCUT2D eigenvalue weighted by Gasteiger charge is -2.09. The summed E-state index contributed by atoms with van der Waals surface area (Å²) in [6, 6.07) is 5.56. The van der Waals surface area contributed by atoms with E-state index in [1.807, 2.05) is 19.1 Å². The highest BCUT2D eigenvalue weighted by Gasteiger charge is 2.09. The largest absolute Gasteiger partial charge is 0.310 e. The van der Waals surface area contributed by atoms with Gasteiger partial charge in [0, 0.05) is 17.5 Å². The molecule has 1 aromatic carbocycles. The van der Waals surface area contributed by atoms with E-state index in [-0.39, 0.29) is 5.56 Å². The Morgan fingerprint density at radius 2 is 2.07 bits per heavy atom. The van der Waals surface area contributed by atoms with Gasteiger partial charge in [-0.25, -0.2) is 0 Å². The normalized spacial score (nSPS) is 10.9. The number of aromatic nitrogens is 1. The van der Waals surface area contributed by atoms with Crippen molar-refractivity contribution >= 4 is 38.4 Å². The Hall–Kier alpha value is -0.800. The number of benzene rings is 1. The van der Waals surface area contributed by atoms with Crippen molar-refractivity contribution in [2.45, 2.75) is 6.92 Å². The highest BCUT2D eigenvalue weighted by Crippen LogP contribution is 2.24. The second-order valence-electron chi connectivity index (χ2n) is 3.46. The van der Waals surface area contributed by atoms with Crippen LogP contribution in [0.2, 0.25) is 5.02 Å². The molecule has 0 radical (unpaired) electrons. The molecule has 1 aromatic heterocycles. The minimum atomic E-state index is -0.0396. The van der Waals surface area contributed by atoms with Gasteiger partial charge >= 0.3 is 0 Å². The van der Waals surface area contributed by atoms with Crippen molar-refractivity contribution in [3.63, 3.8) is 0 Å². The summed E-state index contributed by atoms with van der Waals surface area (Å²) in [5, 5.41) is 1.67. The first-order valence-corrected chi connectivity index (χ1v) is 5.64. The number of nitrogens with zero attached hydrogens (tertiary/aromatic N) is 1. The van der Waals surface area contributed by atoms with Gasteiger partial charge in [0.15, 0.2) is 0 Å². The molecule has 0 saturated heterocycles. The quantitative estimate of drug-likeness (QED) is 0.728. The van der Waals surface area contributed by atoms with Gasteiger partial charge in [0.2, 0.25) is 0 Å². The van der Waals surface area contributed by atoms with Crippen LogP contribution in [0, 0.1) is 6.92 Å². The summed E-state index contributed by atoms with van der Waals surface area (Å²) in [6.45, 7) is 1.92. The molecule has 0 aliphatic heterocycles. The fourth-order valence-electron chi connectivity index (χ4n) is 1.63. The van der Waals surface area contributed by atoms with Gasteiger partial charge in [-0.15, -0.1) is 0 Å². The Balaban J connectivity index is 3.07. The molecule has 0 fully saturated rings. The molecular formula is C11H9BrClNO. The Labute approximate surface area is 101 Å². The Kier molecular flexibility index (Phi) is 2.61. The third kappa shape index (κ3) is 1.60. The number of pyridine rings is 1. The zero-order chi connectivity index (χ0) is 11.2. The van der Waals surface area contributed by atoms with Gasteiger partial charge in [-0.2, -0.15) is 0 Å². The summed E-state index contributed by atoms with van der Waals surface area (Å²) in [5.74, 6) is 0. The molecule has 0 spiro atoms. The van der Waals surface area contributed by atoms with Crippen molar-refractivity contribution in [1.29, 1.82) is 0 Å². The van der Waals surface area contributed by atoms with E-state index in [1.54, 1.807) is 17.7 Å². The zero-order valence-corrected chi connectivity index (χ0v) is 10.7. The number of aryl methyl sites for hydroxylation is 2. The fraction of sp³-hybridized carbons (Fsp3) is 0.182. The number of fused-ring (bicyclic) bond motifs is 1. The topological polar surface area (TPSA) is 22.0 Å². The molecule has 0 saturated carbocycles. The number of rotatable bonds is 0. The zero-order valence-electron chi connectivity index (χ0n) is 8.34. The first-order valence-electron chi connectivity index (χ1n) is 4.46. The summed E-state index contributed by atoms with van der Waals surface area (Å²) in [5.41, 5.74) is 1.76. The number of hydrogen-bond donors (Lipinski definition) is 0. The fourth-order valence-corrected chi connectivity index (χ4v) is 2.28. The first-order chi connectivity index (χ1) is 7.02. The van der Waals surface area contributed by atoms with Gasteiger partial charge in [0.05, 0.1) is 9.99 Å². The van der Waals surface area contributed by atoms with Gasteiger partial charge in [-0.3, -0.25) is 4.79 Å². The van der Waals surface area contributed by atoms with Crippen molar-refractivity contribution in [1.82, 2.24) is 4.57 Å². The Bertz CT molecular complexity index is 604. The molecule has 2 nitrogen and oxygen atoms in total. The van der Waals surface area contributed by atoms with Crippen LogP contribution in [0.15, 0.2) is 27.5 Å². The number of hydrogen-bond acceptors (Lipinski definition) is 1. The summed E-state index contributed by atoms with van der Waals surface area (Å²) in [7, 11) is 1.74. The molecular weight excluding hydrogens is 277 g/mol. The van der Waals surface area contributed by atoms with E-state index in [9.17, 15) is 4.79 Å². The summed E-state index contributed by atoms with van der Waals surface area (Å²) < 4.78 is 2.21. The van der Waals surface area contributed by atoms with E-state index in [1.165, 1.54) is 0 Å². The minimum Gasteiger partial charge on any atom is -0.310 e. The van der Waals surface area contributed by atoms with Crippen LogP contribution in [0.4, 0.5) is 0 Å². The van der Waals surface area contributed by atoms with Crippen molar-refractivity contribution in [3.8, 4) is 0 Å². The maximum absolute atomic E-state index is 11.8. The first kappa shape index (κ1) is 10.7.